The van der Waals surface area contributed by atoms with Crippen LogP contribution in [0.4, 0.5) is 14.7 Å². The molecule has 0 amide bonds. The molecule has 0 aliphatic carbocycles. The van der Waals surface area contributed by atoms with E-state index in [4.69, 9.17) is 11.6 Å². The van der Waals surface area contributed by atoms with Crippen molar-refractivity contribution in [1.29, 1.82) is 0 Å². The molecule has 0 N–H and O–H groups in total. The number of hydrogen-bond acceptors (Lipinski definition) is 3. The highest BCUT2D eigenvalue weighted by atomic mass is 35.5. The number of hydrogen-bond donors (Lipinski definition) is 0. The number of rotatable bonds is 2. The molecule has 2 heterocycles. The van der Waals surface area contributed by atoms with Gasteiger partial charge in [0, 0.05) is 19.0 Å². The number of anilines is 1. The minimum Gasteiger partial charge on any atom is -0.341 e. The van der Waals surface area contributed by atoms with Crippen LogP contribution in [-0.2, 0) is 0 Å². The molecule has 88 valence electrons. The van der Waals surface area contributed by atoms with Crippen molar-refractivity contribution in [2.45, 2.75) is 19.3 Å². The normalized spacial score (nSPS) is 18.1. The van der Waals surface area contributed by atoms with Crippen LogP contribution in [0.3, 0.4) is 0 Å². The molecule has 0 bridgehead atoms. The number of alkyl halides is 2. The maximum atomic E-state index is 12.4. The van der Waals surface area contributed by atoms with Crippen molar-refractivity contribution in [3.63, 3.8) is 0 Å². The van der Waals surface area contributed by atoms with Gasteiger partial charge in [0.25, 0.3) is 0 Å². The van der Waals surface area contributed by atoms with Crippen LogP contribution in [-0.4, -0.2) is 29.5 Å². The fraction of sp³-hybridized carbons (Fsp3) is 0.600. The van der Waals surface area contributed by atoms with Gasteiger partial charge in [-0.05, 0) is 12.8 Å². The first-order chi connectivity index (χ1) is 7.66. The molecule has 16 heavy (non-hydrogen) atoms. The molecule has 0 radical (unpaired) electrons. The van der Waals surface area contributed by atoms with E-state index in [0.717, 1.165) is 0 Å². The lowest BCUT2D eigenvalue weighted by molar-refractivity contribution is 0.0634. The van der Waals surface area contributed by atoms with Gasteiger partial charge >= 0.3 is 0 Å². The van der Waals surface area contributed by atoms with E-state index in [9.17, 15) is 8.78 Å². The predicted octanol–water partition coefficient (Wildman–Crippen LogP) is 2.61. The Labute approximate surface area is 97.4 Å². The van der Waals surface area contributed by atoms with Crippen LogP contribution in [0.1, 0.15) is 12.8 Å². The molecule has 1 aliphatic rings. The van der Waals surface area contributed by atoms with Crippen molar-refractivity contribution in [2.75, 3.05) is 18.0 Å². The molecule has 6 heteroatoms. The molecular weight excluding hydrogens is 236 g/mol. The molecule has 0 saturated carbocycles. The van der Waals surface area contributed by atoms with Crippen LogP contribution >= 0.6 is 11.6 Å². The minimum atomic E-state index is -2.21. The van der Waals surface area contributed by atoms with Crippen molar-refractivity contribution in [3.8, 4) is 0 Å². The first-order valence-corrected chi connectivity index (χ1v) is 5.55. The van der Waals surface area contributed by atoms with E-state index in [1.807, 2.05) is 4.90 Å². The Hall–Kier alpha value is -0.970. The van der Waals surface area contributed by atoms with Gasteiger partial charge in [-0.15, -0.1) is 0 Å². The molecule has 1 fully saturated rings. The molecule has 1 aliphatic heterocycles. The van der Waals surface area contributed by atoms with Gasteiger partial charge in [-0.1, -0.05) is 11.6 Å². The number of piperidine rings is 1. The van der Waals surface area contributed by atoms with Crippen LogP contribution in [0.15, 0.2) is 12.4 Å². The van der Waals surface area contributed by atoms with Gasteiger partial charge in [-0.3, -0.25) is 0 Å². The van der Waals surface area contributed by atoms with Gasteiger partial charge in [-0.25, -0.2) is 18.7 Å². The van der Waals surface area contributed by atoms with E-state index in [0.29, 0.717) is 36.9 Å². The SMILES string of the molecule is FC(F)C1CCN(c2ncc(Cl)cn2)CC1. The molecule has 0 atom stereocenters. The summed E-state index contributed by atoms with van der Waals surface area (Å²) in [5.74, 6) is 0.0840. The lowest BCUT2D eigenvalue weighted by Crippen LogP contribution is -2.36. The van der Waals surface area contributed by atoms with E-state index >= 15 is 0 Å². The maximum absolute atomic E-state index is 12.4. The van der Waals surface area contributed by atoms with Gasteiger partial charge in [0.15, 0.2) is 0 Å². The third-order valence-electron chi connectivity index (χ3n) is 2.79. The summed E-state index contributed by atoms with van der Waals surface area (Å²) >= 11 is 5.67. The second kappa shape index (κ2) is 4.91. The number of aromatic nitrogens is 2. The molecular formula is C10H12ClF2N3. The van der Waals surface area contributed by atoms with Crippen LogP contribution in [0, 0.1) is 5.92 Å². The fourth-order valence-electron chi connectivity index (χ4n) is 1.82. The monoisotopic (exact) mass is 247 g/mol. The molecule has 1 saturated heterocycles. The number of halogens is 3. The summed E-state index contributed by atoms with van der Waals surface area (Å²) in [6.45, 7) is 1.16. The highest BCUT2D eigenvalue weighted by Crippen LogP contribution is 2.25. The maximum Gasteiger partial charge on any atom is 0.241 e. The highest BCUT2D eigenvalue weighted by molar-refractivity contribution is 6.30. The van der Waals surface area contributed by atoms with E-state index in [1.54, 1.807) is 0 Å². The predicted molar refractivity (Wildman–Crippen MR) is 58.0 cm³/mol. The third kappa shape index (κ3) is 2.58. The molecule has 1 aromatic heterocycles. The second-order valence-corrected chi connectivity index (χ2v) is 4.30. The Morgan fingerprint density at radius 1 is 1.25 bits per heavy atom. The Kier molecular flexibility index (Phi) is 3.53. The zero-order valence-electron chi connectivity index (χ0n) is 8.61. The Balaban J connectivity index is 1.96. The molecule has 0 unspecified atom stereocenters. The third-order valence-corrected chi connectivity index (χ3v) is 2.98. The topological polar surface area (TPSA) is 29.0 Å². The van der Waals surface area contributed by atoms with Gasteiger partial charge in [0.2, 0.25) is 12.4 Å². The summed E-state index contributed by atoms with van der Waals surface area (Å²) in [5.41, 5.74) is 0. The van der Waals surface area contributed by atoms with Crippen molar-refractivity contribution in [2.24, 2.45) is 5.92 Å². The molecule has 1 aromatic rings. The molecule has 3 nitrogen and oxygen atoms in total. The fourth-order valence-corrected chi connectivity index (χ4v) is 1.92. The van der Waals surface area contributed by atoms with Gasteiger partial charge < -0.3 is 4.90 Å². The van der Waals surface area contributed by atoms with E-state index in [2.05, 4.69) is 9.97 Å². The second-order valence-electron chi connectivity index (χ2n) is 3.86. The van der Waals surface area contributed by atoms with E-state index < -0.39 is 12.3 Å². The van der Waals surface area contributed by atoms with Gasteiger partial charge in [0.05, 0.1) is 17.4 Å². The average molecular weight is 248 g/mol. The summed E-state index contributed by atoms with van der Waals surface area (Å²) in [6, 6.07) is 0. The van der Waals surface area contributed by atoms with Crippen molar-refractivity contribution < 1.29 is 8.78 Å². The van der Waals surface area contributed by atoms with Gasteiger partial charge in [-0.2, -0.15) is 0 Å². The quantitative estimate of drug-likeness (QED) is 0.805. The van der Waals surface area contributed by atoms with Crippen LogP contribution in [0.25, 0.3) is 0 Å². The summed E-state index contributed by atoms with van der Waals surface area (Å²) < 4.78 is 24.9. The smallest absolute Gasteiger partial charge is 0.241 e. The summed E-state index contributed by atoms with van der Waals surface area (Å²) in [7, 11) is 0. The standard InChI is InChI=1S/C10H12ClF2N3/c11-8-5-14-10(15-6-8)16-3-1-7(2-4-16)9(12)13/h5-7,9H,1-4H2. The Morgan fingerprint density at radius 2 is 1.81 bits per heavy atom. The molecule has 0 aromatic carbocycles. The lowest BCUT2D eigenvalue weighted by Gasteiger charge is -2.31. The summed E-state index contributed by atoms with van der Waals surface area (Å²) in [5, 5.41) is 0.478. The van der Waals surface area contributed by atoms with E-state index in [1.165, 1.54) is 12.4 Å². The Bertz CT molecular complexity index is 336. The number of nitrogens with zero attached hydrogens (tertiary/aromatic N) is 3. The minimum absolute atomic E-state index is 0.478. The molecule has 2 rings (SSSR count). The highest BCUT2D eigenvalue weighted by Gasteiger charge is 2.26. The zero-order valence-corrected chi connectivity index (χ0v) is 9.37. The lowest BCUT2D eigenvalue weighted by atomic mass is 9.98. The summed E-state index contributed by atoms with van der Waals surface area (Å²) in [6.07, 6.45) is 1.80. The zero-order chi connectivity index (χ0) is 11.5. The van der Waals surface area contributed by atoms with Gasteiger partial charge in [0.1, 0.15) is 0 Å². The van der Waals surface area contributed by atoms with Crippen molar-refractivity contribution >= 4 is 17.5 Å². The van der Waals surface area contributed by atoms with Crippen LogP contribution in [0.5, 0.6) is 0 Å². The van der Waals surface area contributed by atoms with Crippen molar-refractivity contribution in [1.82, 2.24) is 9.97 Å². The first kappa shape index (κ1) is 11.5. The van der Waals surface area contributed by atoms with Crippen molar-refractivity contribution in [3.05, 3.63) is 17.4 Å². The molecule has 0 spiro atoms. The largest absolute Gasteiger partial charge is 0.341 e. The summed E-state index contributed by atoms with van der Waals surface area (Å²) in [4.78, 5) is 10.0. The van der Waals surface area contributed by atoms with E-state index in [-0.39, 0.29) is 0 Å². The first-order valence-electron chi connectivity index (χ1n) is 5.17. The van der Waals surface area contributed by atoms with Crippen LogP contribution < -0.4 is 4.90 Å². The average Bonchev–Trinajstić information content (AvgIpc) is 2.30. The Morgan fingerprint density at radius 3 is 2.31 bits per heavy atom. The van der Waals surface area contributed by atoms with Crippen LogP contribution in [0.2, 0.25) is 5.02 Å².